The quantitative estimate of drug-likeness (QED) is 0.711. The summed E-state index contributed by atoms with van der Waals surface area (Å²) in [5.74, 6) is -0.0463. The molecule has 28 heavy (non-hydrogen) atoms. The number of likely N-dealkylation sites (tertiary alicyclic amines) is 1. The monoisotopic (exact) mass is 379 g/mol. The van der Waals surface area contributed by atoms with Gasteiger partial charge in [0.2, 0.25) is 0 Å². The molecule has 3 aromatic rings. The van der Waals surface area contributed by atoms with Crippen molar-refractivity contribution in [3.8, 4) is 5.69 Å². The molecule has 0 saturated carbocycles. The number of hydrogen-bond acceptors (Lipinski definition) is 3. The Labute approximate surface area is 163 Å². The molecule has 144 valence electrons. The molecule has 6 heteroatoms. The zero-order valence-corrected chi connectivity index (χ0v) is 15.8. The van der Waals surface area contributed by atoms with E-state index in [0.717, 1.165) is 62.2 Å². The fraction of sp³-hybridized carbons (Fsp3) is 0.364. The summed E-state index contributed by atoms with van der Waals surface area (Å²) in [6.45, 7) is 3.84. The molecule has 2 fully saturated rings. The highest BCUT2D eigenvalue weighted by Gasteiger charge is 2.47. The van der Waals surface area contributed by atoms with Crippen LogP contribution in [0.15, 0.2) is 48.8 Å². The van der Waals surface area contributed by atoms with Gasteiger partial charge in [0.05, 0.1) is 29.7 Å². The van der Waals surface area contributed by atoms with Gasteiger partial charge in [-0.25, -0.2) is 14.2 Å². The second-order valence-electron chi connectivity index (χ2n) is 7.93. The highest BCUT2D eigenvalue weighted by Crippen LogP contribution is 2.30. The van der Waals surface area contributed by atoms with Crippen LogP contribution in [0.2, 0.25) is 0 Å². The van der Waals surface area contributed by atoms with E-state index in [1.54, 1.807) is 12.4 Å². The largest absolute Gasteiger partial charge is 0.346 e. The molecule has 0 spiro atoms. The SMILES string of the molecule is O=C(c1ccc(-n2cnc3cc(F)ccc32)cc1)[N+]1(C2CCNC2)CCCC1. The van der Waals surface area contributed by atoms with Crippen molar-refractivity contribution in [1.82, 2.24) is 14.9 Å². The maximum absolute atomic E-state index is 13.5. The van der Waals surface area contributed by atoms with Gasteiger partial charge in [-0.2, -0.15) is 0 Å². The Morgan fingerprint density at radius 2 is 1.93 bits per heavy atom. The van der Waals surface area contributed by atoms with Gasteiger partial charge in [0, 0.05) is 44.1 Å². The van der Waals surface area contributed by atoms with E-state index in [4.69, 9.17) is 0 Å². The first-order valence-electron chi connectivity index (χ1n) is 10.0. The van der Waals surface area contributed by atoms with Gasteiger partial charge in [-0.15, -0.1) is 0 Å². The van der Waals surface area contributed by atoms with Gasteiger partial charge in [0.25, 0.3) is 0 Å². The first-order chi connectivity index (χ1) is 13.7. The van der Waals surface area contributed by atoms with Crippen molar-refractivity contribution in [2.75, 3.05) is 26.2 Å². The van der Waals surface area contributed by atoms with E-state index < -0.39 is 0 Å². The first kappa shape index (κ1) is 17.5. The van der Waals surface area contributed by atoms with Crippen molar-refractivity contribution in [2.45, 2.75) is 25.3 Å². The topological polar surface area (TPSA) is 46.9 Å². The third kappa shape index (κ3) is 2.75. The molecule has 0 bridgehead atoms. The average Bonchev–Trinajstić information content (AvgIpc) is 3.47. The first-order valence-corrected chi connectivity index (χ1v) is 10.0. The Balaban J connectivity index is 1.46. The molecule has 1 aromatic heterocycles. The normalized spacial score (nSPS) is 21.4. The highest BCUT2D eigenvalue weighted by atomic mass is 19.1. The van der Waals surface area contributed by atoms with Crippen LogP contribution in [0.3, 0.4) is 0 Å². The summed E-state index contributed by atoms with van der Waals surface area (Å²) in [4.78, 5) is 17.8. The van der Waals surface area contributed by atoms with E-state index in [1.807, 2.05) is 28.8 Å². The standard InChI is InChI=1S/C22H24FN4O/c23-17-5-8-21-20(13-17)25-15-26(21)18-6-3-16(4-7-18)22(28)27(11-1-2-12-27)19-9-10-24-14-19/h3-8,13,15,19,24H,1-2,9-12,14H2/q+1. The number of halogens is 1. The second-order valence-corrected chi connectivity index (χ2v) is 7.93. The Kier molecular flexibility index (Phi) is 4.25. The average molecular weight is 379 g/mol. The van der Waals surface area contributed by atoms with Crippen LogP contribution < -0.4 is 5.32 Å². The predicted molar refractivity (Wildman–Crippen MR) is 106 cm³/mol. The van der Waals surface area contributed by atoms with Crippen molar-refractivity contribution in [2.24, 2.45) is 0 Å². The number of quaternary nitrogens is 1. The van der Waals surface area contributed by atoms with Crippen LogP contribution in [0.25, 0.3) is 16.7 Å². The molecular formula is C22H24FN4O+. The molecule has 1 amide bonds. The number of rotatable bonds is 3. The van der Waals surface area contributed by atoms with E-state index in [-0.39, 0.29) is 11.7 Å². The number of carbonyl (C=O) groups excluding carboxylic acids is 1. The molecule has 1 N–H and O–H groups in total. The second kappa shape index (κ2) is 6.79. The minimum Gasteiger partial charge on any atom is -0.311 e. The molecule has 2 aliphatic heterocycles. The maximum Gasteiger partial charge on any atom is 0.346 e. The van der Waals surface area contributed by atoms with Gasteiger partial charge < -0.3 is 5.32 Å². The van der Waals surface area contributed by atoms with Gasteiger partial charge in [-0.3, -0.25) is 9.05 Å². The Morgan fingerprint density at radius 3 is 2.64 bits per heavy atom. The Hall–Kier alpha value is -2.57. The van der Waals surface area contributed by atoms with E-state index in [1.165, 1.54) is 12.1 Å². The van der Waals surface area contributed by atoms with Gasteiger partial charge in [0.15, 0.2) is 0 Å². The van der Waals surface area contributed by atoms with Crippen LogP contribution in [-0.4, -0.2) is 52.2 Å². The van der Waals surface area contributed by atoms with E-state index >= 15 is 0 Å². The number of nitrogens with zero attached hydrogens (tertiary/aromatic N) is 3. The lowest BCUT2D eigenvalue weighted by Gasteiger charge is -2.36. The van der Waals surface area contributed by atoms with Crippen molar-refractivity contribution in [3.05, 3.63) is 60.2 Å². The number of carbonyl (C=O) groups is 1. The van der Waals surface area contributed by atoms with Crippen molar-refractivity contribution < 1.29 is 13.7 Å². The molecule has 1 unspecified atom stereocenters. The summed E-state index contributed by atoms with van der Waals surface area (Å²) >= 11 is 0. The number of amides is 1. The van der Waals surface area contributed by atoms with Crippen molar-refractivity contribution in [1.29, 1.82) is 0 Å². The summed E-state index contributed by atoms with van der Waals surface area (Å²) < 4.78 is 15.9. The third-order valence-corrected chi connectivity index (χ3v) is 6.40. The van der Waals surface area contributed by atoms with Crippen molar-refractivity contribution in [3.63, 3.8) is 0 Å². The summed E-state index contributed by atoms with van der Waals surface area (Å²) in [6.07, 6.45) is 5.01. The molecule has 0 radical (unpaired) electrons. The smallest absolute Gasteiger partial charge is 0.311 e. The van der Waals surface area contributed by atoms with Crippen LogP contribution in [0.4, 0.5) is 4.39 Å². The van der Waals surface area contributed by atoms with Gasteiger partial charge in [-0.05, 0) is 36.4 Å². The molecule has 2 aromatic carbocycles. The zero-order chi connectivity index (χ0) is 19.1. The van der Waals surface area contributed by atoms with Gasteiger partial charge in [-0.1, -0.05) is 0 Å². The number of benzene rings is 2. The molecule has 1 atom stereocenters. The minimum atomic E-state index is -0.292. The zero-order valence-electron chi connectivity index (χ0n) is 15.8. The van der Waals surface area contributed by atoms with Crippen LogP contribution in [0.1, 0.15) is 29.6 Å². The maximum atomic E-state index is 13.5. The minimum absolute atomic E-state index is 0.246. The Morgan fingerprint density at radius 1 is 1.14 bits per heavy atom. The molecule has 3 heterocycles. The van der Waals surface area contributed by atoms with Gasteiger partial charge in [0.1, 0.15) is 18.2 Å². The molecule has 2 aliphatic rings. The fourth-order valence-electron chi connectivity index (χ4n) is 4.91. The molecular weight excluding hydrogens is 355 g/mol. The van der Waals surface area contributed by atoms with E-state index in [0.29, 0.717) is 16.0 Å². The van der Waals surface area contributed by atoms with Crippen LogP contribution >= 0.6 is 0 Å². The number of aromatic nitrogens is 2. The molecule has 2 saturated heterocycles. The van der Waals surface area contributed by atoms with E-state index in [2.05, 4.69) is 10.3 Å². The Bertz CT molecular complexity index is 1010. The summed E-state index contributed by atoms with van der Waals surface area (Å²) in [5.41, 5.74) is 3.16. The summed E-state index contributed by atoms with van der Waals surface area (Å²) in [5, 5.41) is 3.42. The number of nitrogens with one attached hydrogen (secondary N) is 1. The number of hydrogen-bond donors (Lipinski definition) is 1. The lowest BCUT2D eigenvalue weighted by atomic mass is 10.1. The molecule has 0 aliphatic carbocycles. The third-order valence-electron chi connectivity index (χ3n) is 6.40. The van der Waals surface area contributed by atoms with E-state index in [9.17, 15) is 9.18 Å². The van der Waals surface area contributed by atoms with Crippen LogP contribution in [0.5, 0.6) is 0 Å². The number of imidazole rings is 1. The van der Waals surface area contributed by atoms with Gasteiger partial charge >= 0.3 is 5.91 Å². The van der Waals surface area contributed by atoms with Crippen LogP contribution in [0, 0.1) is 5.82 Å². The van der Waals surface area contributed by atoms with Crippen LogP contribution in [-0.2, 0) is 0 Å². The highest BCUT2D eigenvalue weighted by molar-refractivity contribution is 5.89. The lowest BCUT2D eigenvalue weighted by molar-refractivity contribution is -0.860. The predicted octanol–water partition coefficient (Wildman–Crippen LogP) is 3.28. The van der Waals surface area contributed by atoms with Crippen molar-refractivity contribution >= 4 is 16.9 Å². The fourth-order valence-corrected chi connectivity index (χ4v) is 4.91. The number of fused-ring (bicyclic) bond motifs is 1. The molecule has 5 rings (SSSR count). The molecule has 5 nitrogen and oxygen atoms in total. The summed E-state index contributed by atoms with van der Waals surface area (Å²) in [6, 6.07) is 12.8. The summed E-state index contributed by atoms with van der Waals surface area (Å²) in [7, 11) is 0. The lowest BCUT2D eigenvalue weighted by Crippen LogP contribution is -2.58.